The molecule has 1 aromatic heterocycles. The Hall–Kier alpha value is -0.900. The zero-order valence-electron chi connectivity index (χ0n) is 17.7. The molecule has 0 atom stereocenters. The van der Waals surface area contributed by atoms with Gasteiger partial charge in [0.1, 0.15) is 0 Å². The zero-order chi connectivity index (χ0) is 18.8. The molecular formula is C21H42N4. The van der Waals surface area contributed by atoms with E-state index in [1.54, 1.807) is 0 Å². The fourth-order valence-electron chi connectivity index (χ4n) is 3.00. The maximum atomic E-state index is 4.29. The van der Waals surface area contributed by atoms with Crippen molar-refractivity contribution in [3.8, 4) is 0 Å². The van der Waals surface area contributed by atoms with Crippen LogP contribution in [0.5, 0.6) is 0 Å². The van der Waals surface area contributed by atoms with Gasteiger partial charge in [0.2, 0.25) is 0 Å². The quantitative estimate of drug-likeness (QED) is 0.515. The van der Waals surface area contributed by atoms with Gasteiger partial charge in [-0.3, -0.25) is 4.68 Å². The lowest BCUT2D eigenvalue weighted by Gasteiger charge is -2.20. The summed E-state index contributed by atoms with van der Waals surface area (Å²) in [6, 6.07) is 0. The van der Waals surface area contributed by atoms with Crippen LogP contribution in [0, 0.1) is 5.41 Å². The van der Waals surface area contributed by atoms with E-state index in [0.717, 1.165) is 25.2 Å². The van der Waals surface area contributed by atoms with Gasteiger partial charge >= 0.3 is 0 Å². The van der Waals surface area contributed by atoms with Gasteiger partial charge in [-0.05, 0) is 52.0 Å². The zero-order valence-corrected chi connectivity index (χ0v) is 17.7. The van der Waals surface area contributed by atoms with Crippen LogP contribution >= 0.6 is 0 Å². The maximum absolute atomic E-state index is 4.29. The topological polar surface area (TPSA) is 42.7 Å². The van der Waals surface area contributed by atoms with Crippen LogP contribution in [0.1, 0.15) is 98.6 Å². The fraction of sp³-hybridized carbons (Fsp3) is 0.905. The average Bonchev–Trinajstić information content (AvgIpc) is 2.88. The monoisotopic (exact) mass is 350 g/mol. The second-order valence-corrected chi connectivity index (χ2v) is 9.72. The predicted molar refractivity (Wildman–Crippen MR) is 108 cm³/mol. The average molecular weight is 351 g/mol. The summed E-state index contributed by atoms with van der Waals surface area (Å²) in [6.07, 6.45) is 13.8. The van der Waals surface area contributed by atoms with E-state index in [0.29, 0.717) is 0 Å². The Morgan fingerprint density at radius 1 is 0.840 bits per heavy atom. The molecule has 0 unspecified atom stereocenters. The standard InChI is InChI=1S/C21H42N4/c1-20(2,3)17-19-18-25(24-23-19)16-14-12-10-8-7-9-11-13-15-22-21(4,5)6/h18,22H,7-17H2,1-6H3. The molecule has 4 nitrogen and oxygen atoms in total. The molecule has 0 saturated carbocycles. The van der Waals surface area contributed by atoms with Crippen molar-refractivity contribution in [2.24, 2.45) is 5.41 Å². The predicted octanol–water partition coefficient (Wildman–Crippen LogP) is 5.38. The fourth-order valence-corrected chi connectivity index (χ4v) is 3.00. The number of hydrogen-bond donors (Lipinski definition) is 1. The molecule has 0 spiro atoms. The van der Waals surface area contributed by atoms with Gasteiger partial charge in [-0.1, -0.05) is 64.5 Å². The highest BCUT2D eigenvalue weighted by molar-refractivity contribution is 4.95. The third-order valence-electron chi connectivity index (χ3n) is 4.27. The first-order valence-corrected chi connectivity index (χ1v) is 10.3. The lowest BCUT2D eigenvalue weighted by Crippen LogP contribution is -2.36. The van der Waals surface area contributed by atoms with Gasteiger partial charge in [0, 0.05) is 18.3 Å². The molecule has 0 aliphatic rings. The van der Waals surface area contributed by atoms with E-state index in [9.17, 15) is 0 Å². The second kappa shape index (κ2) is 10.9. The van der Waals surface area contributed by atoms with Crippen molar-refractivity contribution >= 4 is 0 Å². The Labute approximate surface area is 156 Å². The number of unbranched alkanes of at least 4 members (excludes halogenated alkanes) is 7. The SMILES string of the molecule is CC(C)(C)Cc1cn(CCCCCCCCCCNC(C)(C)C)nn1. The van der Waals surface area contributed by atoms with Crippen molar-refractivity contribution in [1.82, 2.24) is 20.3 Å². The summed E-state index contributed by atoms with van der Waals surface area (Å²) in [7, 11) is 0. The lowest BCUT2D eigenvalue weighted by atomic mass is 9.91. The first-order valence-electron chi connectivity index (χ1n) is 10.3. The minimum absolute atomic E-state index is 0.262. The van der Waals surface area contributed by atoms with Crippen molar-refractivity contribution in [2.45, 2.75) is 111 Å². The smallest absolute Gasteiger partial charge is 0.0832 e. The molecule has 0 aliphatic carbocycles. The van der Waals surface area contributed by atoms with Crippen LogP contribution in [-0.2, 0) is 13.0 Å². The molecule has 0 bridgehead atoms. The van der Waals surface area contributed by atoms with E-state index in [-0.39, 0.29) is 11.0 Å². The molecule has 25 heavy (non-hydrogen) atoms. The first-order chi connectivity index (χ1) is 11.7. The maximum Gasteiger partial charge on any atom is 0.0832 e. The summed E-state index contributed by atoms with van der Waals surface area (Å²) in [6.45, 7) is 15.6. The molecule has 1 rings (SSSR count). The molecule has 0 amide bonds. The van der Waals surface area contributed by atoms with Crippen molar-refractivity contribution in [2.75, 3.05) is 6.54 Å². The Balaban J connectivity index is 1.94. The van der Waals surface area contributed by atoms with Crippen LogP contribution in [0.25, 0.3) is 0 Å². The molecule has 0 aliphatic heterocycles. The van der Waals surface area contributed by atoms with Crippen molar-refractivity contribution in [3.63, 3.8) is 0 Å². The molecule has 1 heterocycles. The Morgan fingerprint density at radius 3 is 1.96 bits per heavy atom. The minimum Gasteiger partial charge on any atom is -0.312 e. The van der Waals surface area contributed by atoms with Gasteiger partial charge in [-0.2, -0.15) is 0 Å². The van der Waals surface area contributed by atoms with Crippen LogP contribution < -0.4 is 5.32 Å². The number of nitrogens with one attached hydrogen (secondary N) is 1. The molecule has 0 radical (unpaired) electrons. The molecule has 4 heteroatoms. The molecule has 0 aromatic carbocycles. The number of aryl methyl sites for hydroxylation is 1. The number of aromatic nitrogens is 3. The molecule has 1 aromatic rings. The van der Waals surface area contributed by atoms with Crippen LogP contribution in [0.4, 0.5) is 0 Å². The summed E-state index contributed by atoms with van der Waals surface area (Å²) in [5.74, 6) is 0. The van der Waals surface area contributed by atoms with E-state index in [2.05, 4.69) is 63.4 Å². The highest BCUT2D eigenvalue weighted by Gasteiger charge is 2.13. The van der Waals surface area contributed by atoms with E-state index in [1.165, 1.54) is 51.4 Å². The van der Waals surface area contributed by atoms with Gasteiger partial charge in [0.15, 0.2) is 0 Å². The van der Waals surface area contributed by atoms with Crippen LogP contribution in [-0.4, -0.2) is 27.1 Å². The summed E-state index contributed by atoms with van der Waals surface area (Å²) in [5.41, 5.74) is 1.66. The number of nitrogens with zero attached hydrogens (tertiary/aromatic N) is 3. The summed E-state index contributed by atoms with van der Waals surface area (Å²) in [5, 5.41) is 12.1. The van der Waals surface area contributed by atoms with Crippen LogP contribution in [0.2, 0.25) is 0 Å². The highest BCUT2D eigenvalue weighted by atomic mass is 15.4. The largest absolute Gasteiger partial charge is 0.312 e. The minimum atomic E-state index is 0.262. The molecule has 1 N–H and O–H groups in total. The second-order valence-electron chi connectivity index (χ2n) is 9.72. The first kappa shape index (κ1) is 22.1. The van der Waals surface area contributed by atoms with Gasteiger partial charge < -0.3 is 5.32 Å². The van der Waals surface area contributed by atoms with Crippen molar-refractivity contribution < 1.29 is 0 Å². The van der Waals surface area contributed by atoms with Crippen LogP contribution in [0.15, 0.2) is 6.20 Å². The lowest BCUT2D eigenvalue weighted by molar-refractivity contribution is 0.406. The van der Waals surface area contributed by atoms with Gasteiger partial charge in [0.05, 0.1) is 5.69 Å². The van der Waals surface area contributed by atoms with Crippen molar-refractivity contribution in [1.29, 1.82) is 0 Å². The third kappa shape index (κ3) is 13.0. The summed E-state index contributed by atoms with van der Waals surface area (Å²) in [4.78, 5) is 0. The number of rotatable bonds is 12. The van der Waals surface area contributed by atoms with E-state index < -0.39 is 0 Å². The number of hydrogen-bond acceptors (Lipinski definition) is 3. The van der Waals surface area contributed by atoms with Crippen LogP contribution in [0.3, 0.4) is 0 Å². The third-order valence-corrected chi connectivity index (χ3v) is 4.27. The van der Waals surface area contributed by atoms with Gasteiger partial charge in [-0.25, -0.2) is 0 Å². The molecular weight excluding hydrogens is 308 g/mol. The van der Waals surface area contributed by atoms with Crippen molar-refractivity contribution in [3.05, 3.63) is 11.9 Å². The van der Waals surface area contributed by atoms with Gasteiger partial charge in [0.25, 0.3) is 0 Å². The molecule has 0 saturated heterocycles. The molecule has 0 fully saturated rings. The summed E-state index contributed by atoms with van der Waals surface area (Å²) >= 11 is 0. The highest BCUT2D eigenvalue weighted by Crippen LogP contribution is 2.18. The summed E-state index contributed by atoms with van der Waals surface area (Å²) < 4.78 is 2.02. The molecule has 146 valence electrons. The van der Waals surface area contributed by atoms with E-state index >= 15 is 0 Å². The van der Waals surface area contributed by atoms with Gasteiger partial charge in [-0.15, -0.1) is 5.10 Å². The normalized spacial score (nSPS) is 12.7. The van der Waals surface area contributed by atoms with E-state index in [4.69, 9.17) is 0 Å². The Kier molecular flexibility index (Phi) is 9.70. The van der Waals surface area contributed by atoms with E-state index in [1.807, 2.05) is 4.68 Å². The Morgan fingerprint density at radius 2 is 1.40 bits per heavy atom. The Bertz CT molecular complexity index is 451.